The number of carbonyl (C=O) groups is 2. The maximum atomic E-state index is 10.7. The molecule has 0 amide bonds. The summed E-state index contributed by atoms with van der Waals surface area (Å²) >= 11 is 7.20. The molecule has 0 saturated heterocycles. The summed E-state index contributed by atoms with van der Waals surface area (Å²) in [7, 11) is 0. The van der Waals surface area contributed by atoms with Gasteiger partial charge in [0.25, 0.3) is 0 Å². The van der Waals surface area contributed by atoms with Gasteiger partial charge in [-0.15, -0.1) is 11.3 Å². The summed E-state index contributed by atoms with van der Waals surface area (Å²) in [6.45, 7) is 0. The van der Waals surface area contributed by atoms with Crippen LogP contribution in [0.5, 0.6) is 0 Å². The van der Waals surface area contributed by atoms with Crippen LogP contribution in [0.15, 0.2) is 30.3 Å². The lowest BCUT2D eigenvalue weighted by atomic mass is 10.1. The molecule has 1 aromatic carbocycles. The van der Waals surface area contributed by atoms with E-state index in [2.05, 4.69) is 0 Å². The number of hydrogen-bond donors (Lipinski definition) is 1. The van der Waals surface area contributed by atoms with Gasteiger partial charge in [-0.25, -0.2) is 4.79 Å². The average Bonchev–Trinajstić information content (AvgIpc) is 2.71. The van der Waals surface area contributed by atoms with Crippen molar-refractivity contribution in [2.45, 2.75) is 0 Å². The van der Waals surface area contributed by atoms with Crippen LogP contribution in [-0.4, -0.2) is 17.4 Å². The van der Waals surface area contributed by atoms with Gasteiger partial charge in [0, 0.05) is 5.56 Å². The molecule has 1 aromatic heterocycles. The summed E-state index contributed by atoms with van der Waals surface area (Å²) in [5, 5.41) is 8.77. The number of carboxylic acid groups (broad SMARTS) is 1. The van der Waals surface area contributed by atoms with Crippen LogP contribution < -0.4 is 0 Å². The van der Waals surface area contributed by atoms with E-state index in [-0.39, 0.29) is 5.56 Å². The number of carbonyl (C=O) groups excluding carboxylic acids is 1. The van der Waals surface area contributed by atoms with Crippen LogP contribution in [0.4, 0.5) is 0 Å². The van der Waals surface area contributed by atoms with E-state index < -0.39 is 5.97 Å². The van der Waals surface area contributed by atoms with E-state index in [0.29, 0.717) is 9.21 Å². The molecule has 0 aliphatic carbocycles. The van der Waals surface area contributed by atoms with E-state index >= 15 is 0 Å². The van der Waals surface area contributed by atoms with Crippen LogP contribution in [0, 0.1) is 0 Å². The van der Waals surface area contributed by atoms with Gasteiger partial charge in [-0.3, -0.25) is 4.79 Å². The maximum absolute atomic E-state index is 10.7. The maximum Gasteiger partial charge on any atom is 0.335 e. The second-order valence-electron chi connectivity index (χ2n) is 3.34. The van der Waals surface area contributed by atoms with E-state index in [9.17, 15) is 9.59 Å². The lowest BCUT2D eigenvalue weighted by Crippen LogP contribution is -1.94. The Hall–Kier alpha value is -1.65. The number of rotatable bonds is 3. The van der Waals surface area contributed by atoms with Gasteiger partial charge in [0.2, 0.25) is 0 Å². The minimum Gasteiger partial charge on any atom is -0.478 e. The number of benzene rings is 1. The zero-order valence-corrected chi connectivity index (χ0v) is 10.1. The minimum atomic E-state index is -0.971. The summed E-state index contributed by atoms with van der Waals surface area (Å²) in [5.41, 5.74) is 1.76. The second-order valence-corrected chi connectivity index (χ2v) is 5.02. The van der Waals surface area contributed by atoms with Gasteiger partial charge in [0.1, 0.15) is 4.34 Å². The van der Waals surface area contributed by atoms with Gasteiger partial charge in [-0.1, -0.05) is 23.7 Å². The van der Waals surface area contributed by atoms with Crippen molar-refractivity contribution < 1.29 is 14.7 Å². The molecule has 17 heavy (non-hydrogen) atoms. The third-order valence-electron chi connectivity index (χ3n) is 2.26. The van der Waals surface area contributed by atoms with Crippen molar-refractivity contribution in [2.24, 2.45) is 0 Å². The first-order valence-corrected chi connectivity index (χ1v) is 5.89. The molecule has 2 rings (SSSR count). The van der Waals surface area contributed by atoms with Crippen molar-refractivity contribution in [1.82, 2.24) is 0 Å². The Bertz CT molecular complexity index is 572. The van der Waals surface area contributed by atoms with Crippen molar-refractivity contribution in [3.05, 3.63) is 45.1 Å². The molecule has 0 atom stereocenters. The zero-order chi connectivity index (χ0) is 12.4. The zero-order valence-electron chi connectivity index (χ0n) is 8.51. The van der Waals surface area contributed by atoms with Gasteiger partial charge in [-0.2, -0.15) is 0 Å². The molecule has 0 aliphatic heterocycles. The van der Waals surface area contributed by atoms with E-state index in [4.69, 9.17) is 16.7 Å². The molecule has 86 valence electrons. The first kappa shape index (κ1) is 11.8. The highest BCUT2D eigenvalue weighted by Gasteiger charge is 2.09. The molecule has 0 radical (unpaired) electrons. The van der Waals surface area contributed by atoms with Crippen LogP contribution in [0.3, 0.4) is 0 Å². The fourth-order valence-electron chi connectivity index (χ4n) is 1.43. The quantitative estimate of drug-likeness (QED) is 0.864. The van der Waals surface area contributed by atoms with Crippen molar-refractivity contribution in [2.75, 3.05) is 0 Å². The monoisotopic (exact) mass is 266 g/mol. The number of halogens is 1. The van der Waals surface area contributed by atoms with Crippen molar-refractivity contribution >= 4 is 35.2 Å². The third kappa shape index (κ3) is 2.38. The Morgan fingerprint density at radius 2 is 1.94 bits per heavy atom. The summed E-state index contributed by atoms with van der Waals surface area (Å²) in [4.78, 5) is 21.9. The molecule has 0 bridgehead atoms. The molecule has 3 nitrogen and oxygen atoms in total. The molecule has 5 heteroatoms. The van der Waals surface area contributed by atoms with E-state index in [1.165, 1.54) is 23.5 Å². The van der Waals surface area contributed by atoms with E-state index in [1.807, 2.05) is 0 Å². The smallest absolute Gasteiger partial charge is 0.335 e. The van der Waals surface area contributed by atoms with Crippen LogP contribution in [0.2, 0.25) is 4.34 Å². The Kier molecular flexibility index (Phi) is 3.26. The van der Waals surface area contributed by atoms with Gasteiger partial charge < -0.3 is 5.11 Å². The molecular formula is C12H7ClO3S. The van der Waals surface area contributed by atoms with Crippen LogP contribution >= 0.6 is 22.9 Å². The molecule has 1 heterocycles. The van der Waals surface area contributed by atoms with Gasteiger partial charge in [-0.05, 0) is 23.8 Å². The SMILES string of the molecule is O=Cc1cc(-c2ccc(C(=O)O)cc2)c(Cl)s1. The van der Waals surface area contributed by atoms with E-state index in [0.717, 1.165) is 17.4 Å². The topological polar surface area (TPSA) is 54.4 Å². The number of thiophene rings is 1. The van der Waals surface area contributed by atoms with Crippen molar-refractivity contribution in [1.29, 1.82) is 0 Å². The fourth-order valence-corrected chi connectivity index (χ4v) is 2.58. The molecule has 0 unspecified atom stereocenters. The number of carboxylic acids is 1. The van der Waals surface area contributed by atoms with Crippen LogP contribution in [-0.2, 0) is 0 Å². The number of hydrogen-bond acceptors (Lipinski definition) is 3. The van der Waals surface area contributed by atoms with Crippen LogP contribution in [0.25, 0.3) is 11.1 Å². The van der Waals surface area contributed by atoms with Gasteiger partial charge >= 0.3 is 5.97 Å². The highest BCUT2D eigenvalue weighted by atomic mass is 35.5. The molecular weight excluding hydrogens is 260 g/mol. The summed E-state index contributed by atoms with van der Waals surface area (Å²) < 4.78 is 0.523. The number of aldehydes is 1. The lowest BCUT2D eigenvalue weighted by molar-refractivity contribution is 0.0696. The molecule has 0 saturated carbocycles. The Labute approximate surface area is 106 Å². The molecule has 0 spiro atoms. The standard InChI is InChI=1S/C12H7ClO3S/c13-11-10(5-9(6-14)17-11)7-1-3-8(4-2-7)12(15)16/h1-6H,(H,15,16). The predicted octanol–water partition coefficient (Wildman–Crippen LogP) is 3.58. The second kappa shape index (κ2) is 4.69. The fraction of sp³-hybridized carbons (Fsp3) is 0. The Morgan fingerprint density at radius 1 is 1.29 bits per heavy atom. The van der Waals surface area contributed by atoms with E-state index in [1.54, 1.807) is 18.2 Å². The van der Waals surface area contributed by atoms with Gasteiger partial charge in [0.15, 0.2) is 6.29 Å². The molecule has 0 aliphatic rings. The molecule has 2 aromatic rings. The Morgan fingerprint density at radius 3 is 2.41 bits per heavy atom. The predicted molar refractivity (Wildman–Crippen MR) is 67.1 cm³/mol. The summed E-state index contributed by atoms with van der Waals surface area (Å²) in [5.74, 6) is -0.971. The molecule has 1 N–H and O–H groups in total. The first-order chi connectivity index (χ1) is 8.11. The minimum absolute atomic E-state index is 0.218. The number of aromatic carboxylic acids is 1. The first-order valence-electron chi connectivity index (χ1n) is 4.70. The highest BCUT2D eigenvalue weighted by Crippen LogP contribution is 2.35. The third-order valence-corrected chi connectivity index (χ3v) is 3.55. The highest BCUT2D eigenvalue weighted by molar-refractivity contribution is 7.18. The Balaban J connectivity index is 2.42. The van der Waals surface area contributed by atoms with Crippen LogP contribution in [0.1, 0.15) is 20.0 Å². The van der Waals surface area contributed by atoms with Gasteiger partial charge in [0.05, 0.1) is 10.4 Å². The molecule has 0 fully saturated rings. The lowest BCUT2D eigenvalue weighted by Gasteiger charge is -1.99. The van der Waals surface area contributed by atoms with Crippen molar-refractivity contribution in [3.63, 3.8) is 0 Å². The normalized spacial score (nSPS) is 10.2. The summed E-state index contributed by atoms with van der Waals surface area (Å²) in [6, 6.07) is 8.05. The van der Waals surface area contributed by atoms with Crippen molar-refractivity contribution in [3.8, 4) is 11.1 Å². The summed E-state index contributed by atoms with van der Waals surface area (Å²) in [6.07, 6.45) is 0.742. The largest absolute Gasteiger partial charge is 0.478 e. The average molecular weight is 267 g/mol.